The largest absolute Gasteiger partial charge is 0.298 e. The Morgan fingerprint density at radius 1 is 0.625 bits per heavy atom. The van der Waals surface area contributed by atoms with Crippen molar-refractivity contribution in [3.63, 3.8) is 0 Å². The average Bonchev–Trinajstić information content (AvgIpc) is 2.31. The zero-order valence-corrected chi connectivity index (χ0v) is 11.2. The van der Waals surface area contributed by atoms with Gasteiger partial charge in [0.15, 0.2) is 0 Å². The third kappa shape index (κ3) is 10.4. The molecule has 0 amide bonds. The summed E-state index contributed by atoms with van der Waals surface area (Å²) < 4.78 is 0. The van der Waals surface area contributed by atoms with Crippen molar-refractivity contribution >= 4 is 34.8 Å². The quantitative estimate of drug-likeness (QED) is 0.422. The summed E-state index contributed by atoms with van der Waals surface area (Å²) in [5, 5.41) is 0. The summed E-state index contributed by atoms with van der Waals surface area (Å²) in [5.74, 6) is 0.546. The third-order valence-electron chi connectivity index (χ3n) is 2.46. The van der Waals surface area contributed by atoms with Crippen molar-refractivity contribution in [3.8, 4) is 0 Å². The number of ketones is 2. The van der Waals surface area contributed by atoms with Crippen molar-refractivity contribution in [1.82, 2.24) is 0 Å². The van der Waals surface area contributed by atoms with E-state index in [4.69, 9.17) is 23.2 Å². The molecule has 0 aliphatic heterocycles. The van der Waals surface area contributed by atoms with Gasteiger partial charge in [-0.3, -0.25) is 9.59 Å². The first-order chi connectivity index (χ1) is 7.70. The van der Waals surface area contributed by atoms with E-state index in [1.807, 2.05) is 0 Å². The molecule has 0 bridgehead atoms. The van der Waals surface area contributed by atoms with E-state index in [1.54, 1.807) is 0 Å². The van der Waals surface area contributed by atoms with E-state index in [0.717, 1.165) is 38.5 Å². The van der Waals surface area contributed by atoms with Crippen LogP contribution in [0.1, 0.15) is 51.4 Å². The molecule has 0 aliphatic carbocycles. The van der Waals surface area contributed by atoms with Crippen molar-refractivity contribution < 1.29 is 9.59 Å². The van der Waals surface area contributed by atoms with Crippen LogP contribution in [0.2, 0.25) is 0 Å². The highest BCUT2D eigenvalue weighted by Crippen LogP contribution is 2.09. The SMILES string of the molecule is O=C(CCl)CCCCCCCCC(=O)CCl. The van der Waals surface area contributed by atoms with Gasteiger partial charge in [-0.2, -0.15) is 0 Å². The summed E-state index contributed by atoms with van der Waals surface area (Å²) in [6.07, 6.45) is 7.49. The maximum Gasteiger partial charge on any atom is 0.147 e. The lowest BCUT2D eigenvalue weighted by Crippen LogP contribution is -1.99. The molecule has 0 aliphatic rings. The second-order valence-electron chi connectivity index (χ2n) is 3.97. The number of alkyl halides is 2. The molecule has 0 spiro atoms. The van der Waals surface area contributed by atoms with Gasteiger partial charge in [0.1, 0.15) is 11.6 Å². The van der Waals surface area contributed by atoms with Crippen molar-refractivity contribution in [1.29, 1.82) is 0 Å². The summed E-state index contributed by atoms with van der Waals surface area (Å²) in [6.45, 7) is 0. The van der Waals surface area contributed by atoms with E-state index >= 15 is 0 Å². The number of rotatable bonds is 11. The molecule has 0 N–H and O–H groups in total. The molecular formula is C12H20Cl2O2. The first kappa shape index (κ1) is 15.9. The van der Waals surface area contributed by atoms with Gasteiger partial charge in [0.2, 0.25) is 0 Å². The fourth-order valence-corrected chi connectivity index (χ4v) is 1.75. The smallest absolute Gasteiger partial charge is 0.147 e. The minimum atomic E-state index is 0.134. The standard InChI is InChI=1S/C12H20Cl2O2/c13-9-11(15)7-5-3-1-2-4-6-8-12(16)10-14/h1-10H2. The molecule has 4 heteroatoms. The van der Waals surface area contributed by atoms with Gasteiger partial charge in [-0.05, 0) is 12.8 Å². The Hall–Kier alpha value is -0.0800. The summed E-state index contributed by atoms with van der Waals surface area (Å²) in [5.41, 5.74) is 0. The maximum absolute atomic E-state index is 10.9. The summed E-state index contributed by atoms with van der Waals surface area (Å²) in [6, 6.07) is 0. The number of Topliss-reactive ketones (excluding diaryl/α,β-unsaturated/α-hetero) is 2. The number of hydrogen-bond donors (Lipinski definition) is 0. The molecule has 0 fully saturated rings. The van der Waals surface area contributed by atoms with Gasteiger partial charge in [0.25, 0.3) is 0 Å². The van der Waals surface area contributed by atoms with Crippen LogP contribution in [0.15, 0.2) is 0 Å². The maximum atomic E-state index is 10.9. The lowest BCUT2D eigenvalue weighted by atomic mass is 10.1. The Bertz CT molecular complexity index is 183. The molecule has 0 heterocycles. The lowest BCUT2D eigenvalue weighted by Gasteiger charge is -2.00. The Morgan fingerprint density at radius 3 is 1.25 bits per heavy atom. The van der Waals surface area contributed by atoms with Gasteiger partial charge in [-0.25, -0.2) is 0 Å². The van der Waals surface area contributed by atoms with Crippen molar-refractivity contribution in [2.24, 2.45) is 0 Å². The highest BCUT2D eigenvalue weighted by atomic mass is 35.5. The molecule has 16 heavy (non-hydrogen) atoms. The summed E-state index contributed by atoms with van der Waals surface area (Å²) in [4.78, 5) is 21.7. The molecule has 0 atom stereocenters. The predicted octanol–water partition coefficient (Wildman–Crippen LogP) is 3.72. The number of carbonyl (C=O) groups excluding carboxylic acids is 2. The van der Waals surface area contributed by atoms with E-state index < -0.39 is 0 Å². The topological polar surface area (TPSA) is 34.1 Å². The predicted molar refractivity (Wildman–Crippen MR) is 68.4 cm³/mol. The second-order valence-corrected chi connectivity index (χ2v) is 4.50. The Morgan fingerprint density at radius 2 is 0.938 bits per heavy atom. The van der Waals surface area contributed by atoms with E-state index in [0.29, 0.717) is 12.8 Å². The van der Waals surface area contributed by atoms with Crippen molar-refractivity contribution in [2.75, 3.05) is 11.8 Å². The fraction of sp³-hybridized carbons (Fsp3) is 0.833. The van der Waals surface area contributed by atoms with Crippen LogP contribution < -0.4 is 0 Å². The molecule has 2 nitrogen and oxygen atoms in total. The van der Waals surface area contributed by atoms with E-state index in [2.05, 4.69) is 0 Å². The summed E-state index contributed by atoms with van der Waals surface area (Å²) in [7, 11) is 0. The highest BCUT2D eigenvalue weighted by Gasteiger charge is 2.00. The van der Waals surface area contributed by atoms with Gasteiger partial charge in [0.05, 0.1) is 11.8 Å². The fourth-order valence-electron chi connectivity index (χ4n) is 1.49. The van der Waals surface area contributed by atoms with Crippen LogP contribution in [0.5, 0.6) is 0 Å². The lowest BCUT2D eigenvalue weighted by molar-refractivity contribution is -0.117. The first-order valence-electron chi connectivity index (χ1n) is 5.86. The number of hydrogen-bond acceptors (Lipinski definition) is 2. The van der Waals surface area contributed by atoms with Crippen molar-refractivity contribution in [3.05, 3.63) is 0 Å². The second kappa shape index (κ2) is 11.4. The number of unbranched alkanes of at least 4 members (excludes halogenated alkanes) is 5. The molecule has 0 rings (SSSR count). The van der Waals surface area contributed by atoms with Gasteiger partial charge < -0.3 is 0 Å². The third-order valence-corrected chi connectivity index (χ3v) is 3.06. The molecule has 0 aromatic carbocycles. The monoisotopic (exact) mass is 266 g/mol. The van der Waals surface area contributed by atoms with Crippen molar-refractivity contribution in [2.45, 2.75) is 51.4 Å². The van der Waals surface area contributed by atoms with Crippen LogP contribution in [-0.4, -0.2) is 23.3 Å². The van der Waals surface area contributed by atoms with Gasteiger partial charge in [-0.1, -0.05) is 25.7 Å². The number of halogens is 2. The molecule has 0 aromatic rings. The molecule has 0 radical (unpaired) electrons. The van der Waals surface area contributed by atoms with Crippen LogP contribution in [0, 0.1) is 0 Å². The Kier molecular flexibility index (Phi) is 11.3. The van der Waals surface area contributed by atoms with Crippen LogP contribution in [0.4, 0.5) is 0 Å². The molecule has 0 aromatic heterocycles. The molecule has 0 saturated carbocycles. The first-order valence-corrected chi connectivity index (χ1v) is 6.93. The minimum Gasteiger partial charge on any atom is -0.298 e. The zero-order valence-electron chi connectivity index (χ0n) is 9.64. The molecule has 0 saturated heterocycles. The number of carbonyl (C=O) groups is 2. The normalized spacial score (nSPS) is 10.4. The van der Waals surface area contributed by atoms with Gasteiger partial charge in [-0.15, -0.1) is 23.2 Å². The van der Waals surface area contributed by atoms with Crippen LogP contribution >= 0.6 is 23.2 Å². The Labute approximate surface area is 108 Å². The van der Waals surface area contributed by atoms with E-state index in [1.165, 1.54) is 0 Å². The average molecular weight is 267 g/mol. The summed E-state index contributed by atoms with van der Waals surface area (Å²) >= 11 is 10.8. The van der Waals surface area contributed by atoms with Gasteiger partial charge >= 0.3 is 0 Å². The van der Waals surface area contributed by atoms with Crippen LogP contribution in [0.25, 0.3) is 0 Å². The molecule has 0 unspecified atom stereocenters. The molecule has 94 valence electrons. The minimum absolute atomic E-state index is 0.134. The van der Waals surface area contributed by atoms with E-state index in [9.17, 15) is 9.59 Å². The van der Waals surface area contributed by atoms with Crippen LogP contribution in [0.3, 0.4) is 0 Å². The highest BCUT2D eigenvalue weighted by molar-refractivity contribution is 6.27. The molecular weight excluding hydrogens is 247 g/mol. The Balaban J connectivity index is 3.10. The van der Waals surface area contributed by atoms with Gasteiger partial charge in [0, 0.05) is 12.8 Å². The van der Waals surface area contributed by atoms with Crippen LogP contribution in [-0.2, 0) is 9.59 Å². The van der Waals surface area contributed by atoms with E-state index in [-0.39, 0.29) is 23.3 Å². The zero-order chi connectivity index (χ0) is 12.2.